The van der Waals surface area contributed by atoms with Crippen molar-refractivity contribution in [2.75, 3.05) is 11.9 Å². The van der Waals surface area contributed by atoms with E-state index < -0.39 is 11.2 Å². The van der Waals surface area contributed by atoms with Crippen LogP contribution in [0.5, 0.6) is 5.75 Å². The molecule has 1 aliphatic heterocycles. The van der Waals surface area contributed by atoms with Crippen molar-refractivity contribution in [3.8, 4) is 5.75 Å². The molecule has 1 amide bonds. The average Bonchev–Trinajstić information content (AvgIpc) is 2.34. The molecule has 0 bridgehead atoms. The van der Waals surface area contributed by atoms with Crippen LogP contribution in [-0.4, -0.2) is 12.5 Å². The molecule has 16 heavy (non-hydrogen) atoms. The number of amides is 1. The number of carbonyl (C=O) groups excluding carboxylic acids is 1. The van der Waals surface area contributed by atoms with Gasteiger partial charge in [-0.15, -0.1) is 0 Å². The van der Waals surface area contributed by atoms with E-state index in [0.717, 1.165) is 19.3 Å². The maximum Gasteiger partial charge on any atom is 0.234 e. The van der Waals surface area contributed by atoms with E-state index in [9.17, 15) is 9.18 Å². The molecule has 3 nitrogen and oxygen atoms in total. The van der Waals surface area contributed by atoms with Crippen LogP contribution in [0.2, 0.25) is 0 Å². The maximum atomic E-state index is 13.5. The van der Waals surface area contributed by atoms with Crippen molar-refractivity contribution in [2.24, 2.45) is 5.41 Å². The normalized spacial score (nSPS) is 21.4. The molecule has 1 aromatic rings. The number of carbonyl (C=O) groups is 1. The molecular formula is C12H12FNO2. The number of halogens is 1. The molecule has 1 aliphatic carbocycles. The molecule has 3 rings (SSSR count). The summed E-state index contributed by atoms with van der Waals surface area (Å²) in [5.74, 6) is -0.295. The lowest BCUT2D eigenvalue weighted by molar-refractivity contribution is -0.132. The minimum atomic E-state index is -0.425. The second kappa shape index (κ2) is 3.20. The van der Waals surface area contributed by atoms with Gasteiger partial charge in [-0.05, 0) is 25.0 Å². The first-order valence-electron chi connectivity index (χ1n) is 5.44. The van der Waals surface area contributed by atoms with Crippen LogP contribution in [0.3, 0.4) is 0 Å². The fraction of sp³-hybridized carbons (Fsp3) is 0.417. The van der Waals surface area contributed by atoms with Crippen LogP contribution in [-0.2, 0) is 4.79 Å². The molecule has 1 aromatic carbocycles. The van der Waals surface area contributed by atoms with Crippen molar-refractivity contribution in [3.63, 3.8) is 0 Å². The van der Waals surface area contributed by atoms with Crippen LogP contribution in [0, 0.1) is 11.2 Å². The molecule has 1 N–H and O–H groups in total. The molecule has 0 unspecified atom stereocenters. The number of benzene rings is 1. The molecule has 4 heteroatoms. The Hall–Kier alpha value is -1.58. The largest absolute Gasteiger partial charge is 0.487 e. The fourth-order valence-corrected chi connectivity index (χ4v) is 2.26. The summed E-state index contributed by atoms with van der Waals surface area (Å²) < 4.78 is 18.9. The lowest BCUT2D eigenvalue weighted by Crippen LogP contribution is -2.45. The Bertz CT molecular complexity index is 454. The minimum absolute atomic E-state index is 0.0388. The Morgan fingerprint density at radius 3 is 2.88 bits per heavy atom. The Morgan fingerprint density at radius 2 is 2.19 bits per heavy atom. The average molecular weight is 221 g/mol. The second-order valence-corrected chi connectivity index (χ2v) is 4.49. The van der Waals surface area contributed by atoms with Gasteiger partial charge in [0.05, 0.1) is 11.1 Å². The van der Waals surface area contributed by atoms with Crippen molar-refractivity contribution < 1.29 is 13.9 Å². The zero-order valence-electron chi connectivity index (χ0n) is 8.75. The third-order valence-corrected chi connectivity index (χ3v) is 3.50. The number of para-hydroxylation sites is 1. The summed E-state index contributed by atoms with van der Waals surface area (Å²) in [6.45, 7) is 0.284. The van der Waals surface area contributed by atoms with E-state index in [1.807, 2.05) is 0 Å². The van der Waals surface area contributed by atoms with Gasteiger partial charge in [0.15, 0.2) is 11.6 Å². The lowest BCUT2D eigenvalue weighted by Gasteiger charge is -2.37. The zero-order chi connectivity index (χ0) is 11.2. The Labute approximate surface area is 92.6 Å². The summed E-state index contributed by atoms with van der Waals surface area (Å²) in [4.78, 5) is 12.0. The second-order valence-electron chi connectivity index (χ2n) is 4.49. The smallest absolute Gasteiger partial charge is 0.234 e. The van der Waals surface area contributed by atoms with E-state index >= 15 is 0 Å². The molecule has 1 fully saturated rings. The minimum Gasteiger partial charge on any atom is -0.487 e. The topological polar surface area (TPSA) is 38.3 Å². The van der Waals surface area contributed by atoms with E-state index in [0.29, 0.717) is 5.69 Å². The van der Waals surface area contributed by atoms with Crippen molar-refractivity contribution in [3.05, 3.63) is 24.0 Å². The van der Waals surface area contributed by atoms with E-state index in [1.54, 1.807) is 12.1 Å². The molecule has 1 saturated carbocycles. The van der Waals surface area contributed by atoms with Crippen LogP contribution >= 0.6 is 0 Å². The van der Waals surface area contributed by atoms with Crippen molar-refractivity contribution in [1.29, 1.82) is 0 Å². The van der Waals surface area contributed by atoms with E-state index in [-0.39, 0.29) is 18.3 Å². The molecular weight excluding hydrogens is 209 g/mol. The van der Waals surface area contributed by atoms with Gasteiger partial charge < -0.3 is 10.1 Å². The summed E-state index contributed by atoms with van der Waals surface area (Å²) in [5, 5.41) is 2.75. The first-order chi connectivity index (χ1) is 7.71. The van der Waals surface area contributed by atoms with Gasteiger partial charge in [0.25, 0.3) is 0 Å². The van der Waals surface area contributed by atoms with Crippen molar-refractivity contribution in [1.82, 2.24) is 0 Å². The highest BCUT2D eigenvalue weighted by Crippen LogP contribution is 2.45. The Kier molecular flexibility index (Phi) is 1.93. The van der Waals surface area contributed by atoms with E-state index in [1.165, 1.54) is 6.07 Å². The highest BCUT2D eigenvalue weighted by Gasteiger charge is 2.46. The molecule has 1 spiro atoms. The van der Waals surface area contributed by atoms with Crippen LogP contribution < -0.4 is 10.1 Å². The van der Waals surface area contributed by atoms with Crippen LogP contribution in [0.25, 0.3) is 0 Å². The van der Waals surface area contributed by atoms with E-state index in [2.05, 4.69) is 5.32 Å². The summed E-state index contributed by atoms with van der Waals surface area (Å²) in [6, 6.07) is 4.56. The standard InChI is InChI=1S/C12H12FNO2/c13-8-3-1-4-9-10(8)16-7-12(5-2-6-12)11(15)14-9/h1,3-4H,2,5-7H2,(H,14,15). The number of rotatable bonds is 0. The zero-order valence-corrected chi connectivity index (χ0v) is 8.75. The van der Waals surface area contributed by atoms with Crippen LogP contribution in [0.4, 0.5) is 10.1 Å². The summed E-state index contributed by atoms with van der Waals surface area (Å²) in [7, 11) is 0. The lowest BCUT2D eigenvalue weighted by atomic mass is 9.69. The van der Waals surface area contributed by atoms with Gasteiger partial charge in [-0.2, -0.15) is 0 Å². The van der Waals surface area contributed by atoms with Gasteiger partial charge in [-0.1, -0.05) is 12.5 Å². The molecule has 0 saturated heterocycles. The predicted molar refractivity (Wildman–Crippen MR) is 56.8 cm³/mol. The fourth-order valence-electron chi connectivity index (χ4n) is 2.26. The number of fused-ring (bicyclic) bond motifs is 1. The number of hydrogen-bond donors (Lipinski definition) is 1. The highest BCUT2D eigenvalue weighted by molar-refractivity contribution is 5.98. The summed E-state index contributed by atoms with van der Waals surface area (Å²) in [6.07, 6.45) is 2.69. The van der Waals surface area contributed by atoms with Gasteiger partial charge in [-0.25, -0.2) is 4.39 Å². The first kappa shape index (κ1) is 9.63. The number of nitrogens with one attached hydrogen (secondary N) is 1. The third-order valence-electron chi connectivity index (χ3n) is 3.50. The van der Waals surface area contributed by atoms with Gasteiger partial charge in [0, 0.05) is 0 Å². The quantitative estimate of drug-likeness (QED) is 0.730. The van der Waals surface area contributed by atoms with Crippen LogP contribution in [0.1, 0.15) is 19.3 Å². The van der Waals surface area contributed by atoms with Crippen LogP contribution in [0.15, 0.2) is 18.2 Å². The van der Waals surface area contributed by atoms with Crippen molar-refractivity contribution in [2.45, 2.75) is 19.3 Å². The molecule has 0 atom stereocenters. The number of hydrogen-bond acceptors (Lipinski definition) is 2. The SMILES string of the molecule is O=C1Nc2cccc(F)c2OCC12CCC2. The van der Waals surface area contributed by atoms with Gasteiger partial charge in [-0.3, -0.25) is 4.79 Å². The van der Waals surface area contributed by atoms with Gasteiger partial charge in [0.1, 0.15) is 6.61 Å². The molecule has 1 heterocycles. The number of ether oxygens (including phenoxy) is 1. The maximum absolute atomic E-state index is 13.5. The molecule has 0 radical (unpaired) electrons. The molecule has 2 aliphatic rings. The Balaban J connectivity index is 2.00. The van der Waals surface area contributed by atoms with E-state index in [4.69, 9.17) is 4.74 Å². The highest BCUT2D eigenvalue weighted by atomic mass is 19.1. The summed E-state index contributed by atoms with van der Waals surface area (Å²) >= 11 is 0. The molecule has 0 aromatic heterocycles. The van der Waals surface area contributed by atoms with Gasteiger partial charge in [0.2, 0.25) is 5.91 Å². The van der Waals surface area contributed by atoms with Crippen molar-refractivity contribution >= 4 is 11.6 Å². The van der Waals surface area contributed by atoms with Gasteiger partial charge >= 0.3 is 0 Å². The Morgan fingerprint density at radius 1 is 1.38 bits per heavy atom. The third kappa shape index (κ3) is 1.22. The predicted octanol–water partition coefficient (Wildman–Crippen LogP) is 2.33. The molecule has 84 valence electrons. The number of anilines is 1. The summed E-state index contributed by atoms with van der Waals surface area (Å²) in [5.41, 5.74) is 0.0135. The monoisotopic (exact) mass is 221 g/mol. The first-order valence-corrected chi connectivity index (χ1v) is 5.44.